The standard InChI is InChI=1S/C19H27FN2OS/c1-24-22-19-9-6-18(7-10-19,8-11-19)16-2-4-17(5-3-16)23-14-15(12-20)13-21/h2-5,12,22H,6-11,13-14,21H2,1H3/b15-12+. The summed E-state index contributed by atoms with van der Waals surface area (Å²) in [6.07, 6.45) is 10.2. The fourth-order valence-corrected chi connectivity index (χ4v) is 4.94. The summed E-state index contributed by atoms with van der Waals surface area (Å²) in [5, 5.41) is 0. The van der Waals surface area contributed by atoms with E-state index in [0.717, 1.165) is 5.75 Å². The molecule has 1 aromatic rings. The smallest absolute Gasteiger partial charge is 0.119 e. The zero-order valence-corrected chi connectivity index (χ0v) is 15.1. The Balaban J connectivity index is 1.64. The number of halogens is 1. The zero-order valence-electron chi connectivity index (χ0n) is 14.3. The minimum Gasteiger partial charge on any atom is -0.489 e. The second-order valence-electron chi connectivity index (χ2n) is 7.15. The first-order chi connectivity index (χ1) is 11.7. The Morgan fingerprint density at radius 3 is 2.33 bits per heavy atom. The lowest BCUT2D eigenvalue weighted by Gasteiger charge is -2.53. The number of ether oxygens (including phenoxy) is 1. The van der Waals surface area contributed by atoms with Gasteiger partial charge >= 0.3 is 0 Å². The molecule has 24 heavy (non-hydrogen) atoms. The Kier molecular flexibility index (Phi) is 5.52. The quantitative estimate of drug-likeness (QED) is 0.727. The molecule has 5 heteroatoms. The first-order valence-electron chi connectivity index (χ1n) is 8.67. The fraction of sp³-hybridized carbons (Fsp3) is 0.579. The number of hydrogen-bond donors (Lipinski definition) is 2. The largest absolute Gasteiger partial charge is 0.489 e. The van der Waals surface area contributed by atoms with E-state index < -0.39 is 0 Å². The predicted octanol–water partition coefficient (Wildman–Crippen LogP) is 4.09. The fourth-order valence-electron chi connectivity index (χ4n) is 4.20. The molecule has 132 valence electrons. The average molecular weight is 351 g/mol. The lowest BCUT2D eigenvalue weighted by molar-refractivity contribution is 0.0970. The molecular weight excluding hydrogens is 323 g/mol. The van der Waals surface area contributed by atoms with Crippen LogP contribution in [0.25, 0.3) is 0 Å². The number of benzene rings is 1. The second kappa shape index (κ2) is 7.46. The van der Waals surface area contributed by atoms with Crippen LogP contribution < -0.4 is 15.2 Å². The van der Waals surface area contributed by atoms with E-state index in [9.17, 15) is 4.39 Å². The molecule has 3 aliphatic rings. The topological polar surface area (TPSA) is 47.3 Å². The number of fused-ring (bicyclic) bond motifs is 3. The molecule has 3 N–H and O–H groups in total. The molecule has 3 nitrogen and oxygen atoms in total. The van der Waals surface area contributed by atoms with Crippen LogP contribution in [0.5, 0.6) is 5.75 Å². The predicted molar refractivity (Wildman–Crippen MR) is 98.9 cm³/mol. The van der Waals surface area contributed by atoms with Crippen LogP contribution in [-0.2, 0) is 5.41 Å². The summed E-state index contributed by atoms with van der Waals surface area (Å²) < 4.78 is 21.8. The highest BCUT2D eigenvalue weighted by atomic mass is 32.2. The van der Waals surface area contributed by atoms with Crippen LogP contribution in [0, 0.1) is 0 Å². The summed E-state index contributed by atoms with van der Waals surface area (Å²) in [6, 6.07) is 8.40. The number of rotatable bonds is 7. The van der Waals surface area contributed by atoms with Crippen molar-refractivity contribution in [3.8, 4) is 5.75 Å². The summed E-state index contributed by atoms with van der Waals surface area (Å²) in [5.41, 5.74) is 8.03. The monoisotopic (exact) mass is 350 g/mol. The van der Waals surface area contributed by atoms with E-state index >= 15 is 0 Å². The highest BCUT2D eigenvalue weighted by Gasteiger charge is 2.49. The third-order valence-electron chi connectivity index (χ3n) is 5.87. The van der Waals surface area contributed by atoms with Crippen molar-refractivity contribution in [3.05, 3.63) is 41.7 Å². The second-order valence-corrected chi connectivity index (χ2v) is 7.76. The molecule has 0 aromatic heterocycles. The molecule has 0 heterocycles. The molecule has 0 spiro atoms. The average Bonchev–Trinajstić information content (AvgIpc) is 2.65. The number of nitrogens with two attached hydrogens (primary N) is 1. The maximum absolute atomic E-state index is 12.5. The van der Waals surface area contributed by atoms with Gasteiger partial charge in [-0.1, -0.05) is 24.1 Å². The van der Waals surface area contributed by atoms with Crippen molar-refractivity contribution < 1.29 is 9.13 Å². The van der Waals surface area contributed by atoms with Crippen LogP contribution >= 0.6 is 11.9 Å². The van der Waals surface area contributed by atoms with Gasteiger partial charge in [-0.25, -0.2) is 4.39 Å². The summed E-state index contributed by atoms with van der Waals surface area (Å²) in [7, 11) is 0. The molecule has 0 unspecified atom stereocenters. The van der Waals surface area contributed by atoms with Gasteiger partial charge in [-0.15, -0.1) is 0 Å². The lowest BCUT2D eigenvalue weighted by atomic mass is 9.55. The van der Waals surface area contributed by atoms with Gasteiger partial charge in [0.05, 0.1) is 6.33 Å². The highest BCUT2D eigenvalue weighted by molar-refractivity contribution is 7.96. The summed E-state index contributed by atoms with van der Waals surface area (Å²) in [6.45, 7) is 0.393. The van der Waals surface area contributed by atoms with Gasteiger partial charge in [0.2, 0.25) is 0 Å². The molecule has 0 radical (unpaired) electrons. The van der Waals surface area contributed by atoms with Gasteiger partial charge in [0.1, 0.15) is 12.4 Å². The third-order valence-corrected chi connectivity index (χ3v) is 6.51. The molecule has 0 amide bonds. The SMILES string of the molecule is CSNC12CCC(c3ccc(OC/C(=C/F)CN)cc3)(CC1)CC2. The van der Waals surface area contributed by atoms with Gasteiger partial charge in [0, 0.05) is 17.7 Å². The summed E-state index contributed by atoms with van der Waals surface area (Å²) in [5.74, 6) is 0.771. The van der Waals surface area contributed by atoms with E-state index in [2.05, 4.69) is 23.1 Å². The Bertz CT molecular complexity index is 563. The summed E-state index contributed by atoms with van der Waals surface area (Å²) >= 11 is 1.76. The van der Waals surface area contributed by atoms with E-state index in [-0.39, 0.29) is 13.2 Å². The van der Waals surface area contributed by atoms with Crippen molar-refractivity contribution in [2.24, 2.45) is 5.73 Å². The van der Waals surface area contributed by atoms with Gasteiger partial charge in [0.15, 0.2) is 0 Å². The van der Waals surface area contributed by atoms with Crippen molar-refractivity contribution in [1.82, 2.24) is 4.72 Å². The highest BCUT2D eigenvalue weighted by Crippen LogP contribution is 2.54. The molecular formula is C19H27FN2OS. The van der Waals surface area contributed by atoms with Crippen molar-refractivity contribution in [3.63, 3.8) is 0 Å². The lowest BCUT2D eigenvalue weighted by Crippen LogP contribution is -2.54. The first-order valence-corrected chi connectivity index (χ1v) is 9.89. The van der Waals surface area contributed by atoms with E-state index in [4.69, 9.17) is 10.5 Å². The van der Waals surface area contributed by atoms with Crippen LogP contribution in [0.1, 0.15) is 44.1 Å². The van der Waals surface area contributed by atoms with Gasteiger partial charge in [-0.3, -0.25) is 4.72 Å². The number of nitrogens with one attached hydrogen (secondary N) is 1. The van der Waals surface area contributed by atoms with Crippen LogP contribution in [0.3, 0.4) is 0 Å². The molecule has 0 saturated heterocycles. The van der Waals surface area contributed by atoms with Crippen LogP contribution in [0.15, 0.2) is 36.2 Å². The van der Waals surface area contributed by atoms with E-state index in [1.165, 1.54) is 44.1 Å². The normalized spacial score (nSPS) is 29.7. The molecule has 3 aliphatic carbocycles. The molecule has 4 rings (SSSR count). The van der Waals surface area contributed by atoms with Gasteiger partial charge in [-0.2, -0.15) is 0 Å². The maximum atomic E-state index is 12.5. The van der Waals surface area contributed by atoms with Gasteiger partial charge in [0.25, 0.3) is 0 Å². The molecule has 1 aromatic carbocycles. The van der Waals surface area contributed by atoms with Crippen LogP contribution in [-0.4, -0.2) is 24.9 Å². The Hall–Kier alpha value is -1.04. The Labute approximate surface area is 148 Å². The van der Waals surface area contributed by atoms with E-state index in [0.29, 0.717) is 22.9 Å². The van der Waals surface area contributed by atoms with Crippen molar-refractivity contribution in [2.75, 3.05) is 19.4 Å². The molecule has 3 saturated carbocycles. The molecule has 2 bridgehead atoms. The Morgan fingerprint density at radius 1 is 1.21 bits per heavy atom. The number of hydrogen-bond acceptors (Lipinski definition) is 4. The first kappa shape index (κ1) is 17.8. The van der Waals surface area contributed by atoms with Gasteiger partial charge in [-0.05, 0) is 67.9 Å². The third kappa shape index (κ3) is 3.48. The molecule has 3 fully saturated rings. The minimum absolute atomic E-state index is 0.184. The maximum Gasteiger partial charge on any atom is 0.119 e. The van der Waals surface area contributed by atoms with Gasteiger partial charge < -0.3 is 10.5 Å². The molecule has 0 atom stereocenters. The van der Waals surface area contributed by atoms with Crippen LogP contribution in [0.4, 0.5) is 4.39 Å². The molecule has 0 aliphatic heterocycles. The minimum atomic E-state index is 0.184. The van der Waals surface area contributed by atoms with Crippen molar-refractivity contribution in [1.29, 1.82) is 0 Å². The van der Waals surface area contributed by atoms with Crippen molar-refractivity contribution in [2.45, 2.75) is 49.5 Å². The summed E-state index contributed by atoms with van der Waals surface area (Å²) in [4.78, 5) is 0. The van der Waals surface area contributed by atoms with E-state index in [1.54, 1.807) is 11.9 Å². The van der Waals surface area contributed by atoms with Crippen LogP contribution in [0.2, 0.25) is 0 Å². The zero-order chi connectivity index (χ0) is 17.0. The Morgan fingerprint density at radius 2 is 1.83 bits per heavy atom. The van der Waals surface area contributed by atoms with E-state index in [1.807, 2.05) is 12.1 Å². The van der Waals surface area contributed by atoms with Crippen molar-refractivity contribution >= 4 is 11.9 Å².